The Kier molecular flexibility index (Phi) is 29.5. The first-order chi connectivity index (χ1) is 60.5. The fraction of sp³-hybridized carbons (Fsp3) is 0.186. The molecule has 126 heavy (non-hydrogen) atoms. The number of hydrogen-bond donors (Lipinski definition) is 2. The van der Waals surface area contributed by atoms with E-state index in [2.05, 4.69) is 60.2 Å². The number of halogens is 3. The summed E-state index contributed by atoms with van der Waals surface area (Å²) in [5.41, 5.74) is 24.0. The molecule has 0 unspecified atom stereocenters. The minimum atomic E-state index is -1.20. The van der Waals surface area contributed by atoms with Gasteiger partial charge in [0, 0.05) is 72.7 Å². The monoisotopic (exact) mass is 1740 g/mol. The molecule has 6 heterocycles. The van der Waals surface area contributed by atoms with Crippen LogP contribution in [0.3, 0.4) is 0 Å². The van der Waals surface area contributed by atoms with Gasteiger partial charge in [-0.3, -0.25) is 19.2 Å². The maximum Gasteiger partial charge on any atom is 0.338 e. The average molecular weight is 1740 g/mol. The lowest BCUT2D eigenvalue weighted by Gasteiger charge is -2.17. The number of carbonyl (C=O) groups is 5. The van der Waals surface area contributed by atoms with Crippen molar-refractivity contribution in [3.8, 4) is 34.5 Å². The minimum absolute atomic E-state index is 0.0540. The van der Waals surface area contributed by atoms with Crippen LogP contribution in [0.1, 0.15) is 114 Å². The fourth-order valence-corrected chi connectivity index (χ4v) is 14.2. The molecule has 0 saturated heterocycles. The smallest absolute Gasteiger partial charge is 0.338 e. The lowest BCUT2D eigenvalue weighted by molar-refractivity contribution is -0.115. The molecule has 6 aliphatic rings. The number of esters is 1. The second-order valence-electron chi connectivity index (χ2n) is 31.5. The number of hydrogen-bond acceptors (Lipinski definition) is 18. The van der Waals surface area contributed by atoms with Crippen LogP contribution in [0.2, 0.25) is 35.7 Å². The van der Waals surface area contributed by atoms with Gasteiger partial charge in [0.25, 0.3) is 0 Å². The molecule has 2 amide bonds. The molecule has 6 aliphatic heterocycles. The molecule has 0 aromatic heterocycles. The van der Waals surface area contributed by atoms with Crippen molar-refractivity contribution in [2.45, 2.75) is 81.1 Å². The van der Waals surface area contributed by atoms with Gasteiger partial charge in [0.15, 0.2) is 11.6 Å². The van der Waals surface area contributed by atoms with Crippen LogP contribution in [0.25, 0.3) is 0 Å². The van der Waals surface area contributed by atoms with Gasteiger partial charge >= 0.3 is 5.97 Å². The quantitative estimate of drug-likeness (QED) is 0.0586. The van der Waals surface area contributed by atoms with Crippen LogP contribution in [0.5, 0.6) is 34.5 Å². The number of rotatable bonds is 14. The predicted octanol–water partition coefficient (Wildman–Crippen LogP) is 23.7. The van der Waals surface area contributed by atoms with Gasteiger partial charge in [-0.2, -0.15) is 0 Å². The molecule has 0 fully saturated rings. The van der Waals surface area contributed by atoms with Crippen LogP contribution in [0.15, 0.2) is 285 Å². The van der Waals surface area contributed by atoms with Crippen LogP contribution in [-0.4, -0.2) is 118 Å². The first-order valence-corrected chi connectivity index (χ1v) is 45.3. The van der Waals surface area contributed by atoms with E-state index in [9.17, 15) is 28.4 Å². The highest BCUT2D eigenvalue weighted by Gasteiger charge is 2.23. The summed E-state index contributed by atoms with van der Waals surface area (Å²) >= 11 is 11.9. The van der Waals surface area contributed by atoms with E-state index >= 15 is 0 Å². The molecule has 24 heteroatoms. The van der Waals surface area contributed by atoms with Crippen LogP contribution < -0.4 is 39.1 Å². The average Bonchev–Trinajstić information content (AvgIpc) is 0.829. The summed E-state index contributed by atoms with van der Waals surface area (Å²) in [4.78, 5) is 84.4. The Hall–Kier alpha value is -14.1. The Morgan fingerprint density at radius 1 is 0.333 bits per heavy atom. The van der Waals surface area contributed by atoms with E-state index < -0.39 is 8.07 Å². The van der Waals surface area contributed by atoms with E-state index in [1.54, 1.807) is 68.4 Å². The predicted molar refractivity (Wildman–Crippen MR) is 503 cm³/mol. The highest BCUT2D eigenvalue weighted by Crippen LogP contribution is 2.39. The summed E-state index contributed by atoms with van der Waals surface area (Å²) < 4.78 is 52.6. The molecule has 2 N–H and O–H groups in total. The van der Waals surface area contributed by atoms with Gasteiger partial charge in [-0.1, -0.05) is 176 Å². The number of nitrogens with zero attached hydrogens (tertiary/aromatic N) is 6. The van der Waals surface area contributed by atoms with Gasteiger partial charge in [-0.05, 0) is 207 Å². The Morgan fingerprint density at radius 2 is 0.587 bits per heavy atom. The summed E-state index contributed by atoms with van der Waals surface area (Å²) in [6.45, 7) is 24.0. The minimum Gasteiger partial charge on any atom is -0.485 e. The maximum atomic E-state index is 13.0. The standard InChI is InChI=1S/C20H22ClNO3Si.2C17H16N2O2.C17H15NO2.C16H12ClNO2.C15H12FNO/c1-26(2,3)11-10-24-20(23)15-6-4-14(5-7-15)18-13-25-19-12-16(21)8-9-17(19)22-18;2*1-11-3-8-15-17(9-11)21-10-16(19-15)13-4-6-14(7-5-13)18-12(2)20;1-11-3-8-15-17(9-11)20-10-16(18-15)14-6-4-13(5-7-14)12(2)19;1-10(19)11-2-4-12(5-3-11)15-9-20-16-8-13(17)6-7-14(16)18-15;1-10-2-4-11(5-3-10)14-9-18-15-8-12(16)6-7-13(15)17-14/h4-9,12H,10-11,13H2,1-3H3;2*3-9H,10H2,1-2H3,(H,18,20);3-9H,10H2,1-2H3;2-8H,9H2,1H3;2-8H,9H2,1H3. The van der Waals surface area contributed by atoms with E-state index in [1.165, 1.54) is 31.5 Å². The van der Waals surface area contributed by atoms with Gasteiger partial charge < -0.3 is 43.8 Å². The molecule has 638 valence electrons. The number of ketones is 2. The highest BCUT2D eigenvalue weighted by molar-refractivity contribution is 6.76. The lowest BCUT2D eigenvalue weighted by atomic mass is 10.1. The van der Waals surface area contributed by atoms with Crippen molar-refractivity contribution in [3.63, 3.8) is 0 Å². The van der Waals surface area contributed by atoms with E-state index in [1.807, 2.05) is 216 Å². The number of nitrogens with one attached hydrogen (secondary N) is 2. The largest absolute Gasteiger partial charge is 0.485 e. The second kappa shape index (κ2) is 41.4. The zero-order valence-corrected chi connectivity index (χ0v) is 74.1. The fourth-order valence-electron chi connectivity index (χ4n) is 13.2. The van der Waals surface area contributed by atoms with E-state index in [0.29, 0.717) is 95.9 Å². The topological polar surface area (TPSA) is 248 Å². The summed E-state index contributed by atoms with van der Waals surface area (Å²) in [5.74, 6) is 3.75. The van der Waals surface area contributed by atoms with Gasteiger partial charge in [0.1, 0.15) is 114 Å². The maximum absolute atomic E-state index is 13.0. The number of benzene rings is 12. The molecule has 0 spiro atoms. The Labute approximate surface area is 742 Å². The van der Waals surface area contributed by atoms with E-state index in [4.69, 9.17) is 56.4 Å². The summed E-state index contributed by atoms with van der Waals surface area (Å²) in [5, 5.41) is 6.75. The molecule has 0 aliphatic carbocycles. The third-order valence-electron chi connectivity index (χ3n) is 20.1. The number of aliphatic imine (C=N–C) groups is 6. The SMILES string of the molecule is CC(=O)Nc1ccc(C2=Nc3ccc(C)cc3OC2)cc1.CC(=O)Nc1ccc(C2=Nc3ccc(C)cc3OC2)cc1.CC(=O)c1ccc(C2=Nc3ccc(C)cc3OC2)cc1.CC(=O)c1ccc(C2=Nc3ccc(Cl)cc3OC2)cc1.C[Si](C)(C)CCOC(=O)c1ccc(C2=Nc3ccc(Cl)cc3OC2)cc1.Cc1ccc(C2=Nc3ccc(F)cc3OC2)cc1. The Morgan fingerprint density at radius 3 is 0.881 bits per heavy atom. The number of anilines is 2. The molecule has 20 nitrogen and oxygen atoms in total. The van der Waals surface area contributed by atoms with Crippen molar-refractivity contribution < 1.29 is 61.5 Å². The van der Waals surface area contributed by atoms with Crippen molar-refractivity contribution >= 4 is 140 Å². The lowest BCUT2D eigenvalue weighted by Crippen LogP contribution is -2.22. The molecule has 0 saturated carbocycles. The second-order valence-corrected chi connectivity index (χ2v) is 38.0. The van der Waals surface area contributed by atoms with Crippen LogP contribution in [0.4, 0.5) is 49.9 Å². The molecule has 0 bridgehead atoms. The van der Waals surface area contributed by atoms with Crippen molar-refractivity contribution in [1.82, 2.24) is 0 Å². The molecular weight excluding hydrogens is 1650 g/mol. The number of Topliss-reactive ketones (excluding diaryl/α,β-unsaturated/α-hetero) is 2. The van der Waals surface area contributed by atoms with Gasteiger partial charge in [-0.25, -0.2) is 39.1 Å². The zero-order chi connectivity index (χ0) is 89.1. The number of ether oxygens (including phenoxy) is 7. The first kappa shape index (κ1) is 89.7. The molecule has 18 rings (SSSR count). The van der Waals surface area contributed by atoms with Gasteiger partial charge in [0.2, 0.25) is 11.8 Å². The number of carbonyl (C=O) groups excluding carboxylic acids is 5. The number of fused-ring (bicyclic) bond motifs is 6. The third kappa shape index (κ3) is 24.9. The van der Waals surface area contributed by atoms with Gasteiger partial charge in [0.05, 0.1) is 46.4 Å². The molecule has 12 aromatic carbocycles. The summed E-state index contributed by atoms with van der Waals surface area (Å²) in [6.07, 6.45) is 0. The normalized spacial score (nSPS) is 13.2. The highest BCUT2D eigenvalue weighted by atomic mass is 35.5. The molecule has 12 aromatic rings. The zero-order valence-electron chi connectivity index (χ0n) is 71.6. The van der Waals surface area contributed by atoms with Crippen molar-refractivity contribution in [1.29, 1.82) is 0 Å². The van der Waals surface area contributed by atoms with Crippen molar-refractivity contribution in [3.05, 3.63) is 343 Å². The van der Waals surface area contributed by atoms with Crippen LogP contribution in [0, 0.1) is 33.5 Å². The Balaban J connectivity index is 0.000000130. The van der Waals surface area contributed by atoms with E-state index in [-0.39, 0.29) is 35.2 Å². The Bertz CT molecular complexity index is 6020. The first-order valence-electron chi connectivity index (χ1n) is 40.8. The summed E-state index contributed by atoms with van der Waals surface area (Å²) in [6, 6.07) is 79.6. The summed E-state index contributed by atoms with van der Waals surface area (Å²) in [7, 11) is -1.20. The van der Waals surface area contributed by atoms with Gasteiger partial charge in [-0.15, -0.1) is 0 Å². The van der Waals surface area contributed by atoms with Crippen molar-refractivity contribution in [2.75, 3.05) is 56.9 Å². The third-order valence-corrected chi connectivity index (χ3v) is 22.3. The molecule has 0 radical (unpaired) electrons. The molecule has 0 atom stereocenters. The van der Waals surface area contributed by atoms with Crippen LogP contribution in [-0.2, 0) is 14.3 Å². The molecular formula is C102H93Cl2FN8O12Si. The van der Waals surface area contributed by atoms with E-state index in [0.717, 1.165) is 147 Å². The number of aryl methyl sites for hydroxylation is 4. The van der Waals surface area contributed by atoms with Crippen LogP contribution >= 0.6 is 23.2 Å². The number of amides is 2. The van der Waals surface area contributed by atoms with Crippen molar-refractivity contribution in [2.24, 2.45) is 30.0 Å².